The Labute approximate surface area is 116 Å². The smallest absolute Gasteiger partial charge is 0.270 e. The number of hydrogen-bond donors (Lipinski definition) is 3. The normalized spacial score (nSPS) is 11.8. The van der Waals surface area contributed by atoms with E-state index in [1.165, 1.54) is 11.3 Å². The third kappa shape index (κ3) is 5.64. The van der Waals surface area contributed by atoms with Gasteiger partial charge in [0.25, 0.3) is 5.91 Å². The van der Waals surface area contributed by atoms with Crippen LogP contribution in [0.4, 0.5) is 0 Å². The van der Waals surface area contributed by atoms with Gasteiger partial charge in [-0.3, -0.25) is 4.79 Å². The van der Waals surface area contributed by atoms with E-state index < -0.39 is 15.9 Å². The molecule has 0 saturated carbocycles. The van der Waals surface area contributed by atoms with Gasteiger partial charge in [0.1, 0.15) is 10.7 Å². The number of rotatable bonds is 7. The van der Waals surface area contributed by atoms with Crippen molar-refractivity contribution < 1.29 is 13.2 Å². The molecule has 0 saturated heterocycles. The zero-order valence-electron chi connectivity index (χ0n) is 10.8. The topological polar surface area (TPSA) is 114 Å². The maximum Gasteiger partial charge on any atom is 0.270 e. The van der Waals surface area contributed by atoms with Gasteiger partial charge in [0.05, 0.1) is 5.75 Å². The van der Waals surface area contributed by atoms with Gasteiger partial charge in [-0.1, -0.05) is 0 Å². The van der Waals surface area contributed by atoms with Crippen molar-refractivity contribution in [2.75, 3.05) is 12.3 Å². The van der Waals surface area contributed by atoms with Gasteiger partial charge in [-0.25, -0.2) is 18.1 Å². The highest BCUT2D eigenvalue weighted by molar-refractivity contribution is 7.89. The van der Waals surface area contributed by atoms with Gasteiger partial charge in [0, 0.05) is 24.5 Å². The first-order valence-corrected chi connectivity index (χ1v) is 8.30. The van der Waals surface area contributed by atoms with Gasteiger partial charge in [0.2, 0.25) is 10.0 Å². The summed E-state index contributed by atoms with van der Waals surface area (Å²) in [6.45, 7) is 3.79. The highest BCUT2D eigenvalue weighted by atomic mass is 32.2. The van der Waals surface area contributed by atoms with Crippen molar-refractivity contribution in [2.45, 2.75) is 26.4 Å². The molecule has 0 fully saturated rings. The lowest BCUT2D eigenvalue weighted by Gasteiger charge is -2.09. The van der Waals surface area contributed by atoms with Crippen LogP contribution >= 0.6 is 11.3 Å². The van der Waals surface area contributed by atoms with Crippen molar-refractivity contribution in [1.82, 2.24) is 15.0 Å². The summed E-state index contributed by atoms with van der Waals surface area (Å²) in [5, 5.41) is 4.77. The van der Waals surface area contributed by atoms with E-state index in [0.29, 0.717) is 5.01 Å². The Morgan fingerprint density at radius 1 is 1.53 bits per heavy atom. The minimum Gasteiger partial charge on any atom is -0.350 e. The van der Waals surface area contributed by atoms with Gasteiger partial charge >= 0.3 is 0 Å². The van der Waals surface area contributed by atoms with E-state index in [4.69, 9.17) is 5.73 Å². The number of hydrogen-bond acceptors (Lipinski definition) is 6. The summed E-state index contributed by atoms with van der Waals surface area (Å²) in [6.07, 6.45) is 0. The quantitative estimate of drug-likeness (QED) is 0.637. The number of thiazole rings is 1. The van der Waals surface area contributed by atoms with Crippen LogP contribution in [0.1, 0.15) is 29.3 Å². The second-order valence-electron chi connectivity index (χ2n) is 4.18. The van der Waals surface area contributed by atoms with Crippen LogP contribution in [-0.4, -0.2) is 37.6 Å². The molecule has 1 heterocycles. The van der Waals surface area contributed by atoms with E-state index in [2.05, 4.69) is 15.0 Å². The van der Waals surface area contributed by atoms with Gasteiger partial charge < -0.3 is 11.1 Å². The number of amides is 1. The summed E-state index contributed by atoms with van der Waals surface area (Å²) in [5.74, 6) is -0.555. The van der Waals surface area contributed by atoms with E-state index in [1.807, 2.05) is 0 Å². The van der Waals surface area contributed by atoms with Crippen LogP contribution in [0.2, 0.25) is 0 Å². The highest BCUT2D eigenvalue weighted by Crippen LogP contribution is 2.08. The number of sulfonamides is 1. The third-order valence-corrected chi connectivity index (χ3v) is 4.47. The van der Waals surface area contributed by atoms with Gasteiger partial charge in [-0.05, 0) is 13.8 Å². The highest BCUT2D eigenvalue weighted by Gasteiger charge is 2.14. The number of nitrogens with two attached hydrogens (primary N) is 1. The molecule has 7 nitrogen and oxygen atoms in total. The molecule has 0 radical (unpaired) electrons. The van der Waals surface area contributed by atoms with Crippen LogP contribution in [-0.2, 0) is 16.6 Å². The number of carbonyl (C=O) groups excluding carboxylic acids is 1. The second kappa shape index (κ2) is 6.94. The zero-order valence-corrected chi connectivity index (χ0v) is 12.5. The van der Waals surface area contributed by atoms with Crippen molar-refractivity contribution in [3.8, 4) is 0 Å². The van der Waals surface area contributed by atoms with Crippen molar-refractivity contribution >= 4 is 27.3 Å². The fraction of sp³-hybridized carbons (Fsp3) is 0.600. The van der Waals surface area contributed by atoms with Gasteiger partial charge in [-0.15, -0.1) is 11.3 Å². The first-order valence-electron chi connectivity index (χ1n) is 5.76. The van der Waals surface area contributed by atoms with Crippen LogP contribution in [0.3, 0.4) is 0 Å². The molecular formula is C10H18N4O3S2. The number of aromatic nitrogens is 1. The predicted molar refractivity (Wildman–Crippen MR) is 74.4 cm³/mol. The predicted octanol–water partition coefficient (Wildman–Crippen LogP) is -0.341. The molecule has 0 aromatic carbocycles. The van der Waals surface area contributed by atoms with E-state index in [1.54, 1.807) is 19.2 Å². The van der Waals surface area contributed by atoms with Crippen molar-refractivity contribution in [2.24, 2.45) is 5.73 Å². The molecule has 1 rings (SSSR count). The summed E-state index contributed by atoms with van der Waals surface area (Å²) < 4.78 is 25.5. The van der Waals surface area contributed by atoms with E-state index >= 15 is 0 Å². The maximum atomic E-state index is 11.7. The summed E-state index contributed by atoms with van der Waals surface area (Å²) in [4.78, 5) is 15.7. The molecule has 0 unspecified atom stereocenters. The average Bonchev–Trinajstić information content (AvgIpc) is 2.75. The fourth-order valence-corrected chi connectivity index (χ4v) is 3.18. The Balaban J connectivity index is 2.43. The van der Waals surface area contributed by atoms with E-state index in [0.717, 1.165) is 0 Å². The molecule has 1 aromatic rings. The van der Waals surface area contributed by atoms with Crippen LogP contribution in [0.15, 0.2) is 5.38 Å². The van der Waals surface area contributed by atoms with Crippen molar-refractivity contribution in [3.63, 3.8) is 0 Å². The lowest BCUT2D eigenvalue weighted by molar-refractivity contribution is 0.0951. The van der Waals surface area contributed by atoms with Crippen molar-refractivity contribution in [3.05, 3.63) is 16.1 Å². The standard InChI is InChI=1S/C10H18N4O3S2/c1-7(2)14-19(16,17)4-3-12-10(15)8-6-18-9(5-11)13-8/h6-7,14H,3-5,11H2,1-2H3,(H,12,15). The molecule has 0 aliphatic heterocycles. The summed E-state index contributed by atoms with van der Waals surface area (Å²) in [5.41, 5.74) is 5.66. The summed E-state index contributed by atoms with van der Waals surface area (Å²) in [7, 11) is -3.36. The third-order valence-electron chi connectivity index (χ3n) is 2.03. The Hall–Kier alpha value is -1.03. The number of nitrogens with one attached hydrogen (secondary N) is 2. The fourth-order valence-electron chi connectivity index (χ4n) is 1.32. The van der Waals surface area contributed by atoms with Crippen LogP contribution in [0.5, 0.6) is 0 Å². The summed E-state index contributed by atoms with van der Waals surface area (Å²) in [6, 6.07) is -0.161. The minimum absolute atomic E-state index is 0.0381. The van der Waals surface area contributed by atoms with E-state index in [-0.39, 0.29) is 30.6 Å². The molecule has 4 N–H and O–H groups in total. The molecule has 1 amide bonds. The first-order chi connectivity index (χ1) is 8.84. The Bertz CT molecular complexity index is 525. The van der Waals surface area contributed by atoms with Crippen LogP contribution in [0.25, 0.3) is 0 Å². The van der Waals surface area contributed by atoms with E-state index in [9.17, 15) is 13.2 Å². The Kier molecular flexibility index (Phi) is 5.85. The maximum absolute atomic E-state index is 11.7. The zero-order chi connectivity index (χ0) is 14.5. The Morgan fingerprint density at radius 3 is 2.74 bits per heavy atom. The SMILES string of the molecule is CC(C)NS(=O)(=O)CCNC(=O)c1csc(CN)n1. The molecule has 0 aliphatic carbocycles. The first kappa shape index (κ1) is 16.0. The van der Waals surface area contributed by atoms with Gasteiger partial charge in [0.15, 0.2) is 0 Å². The Morgan fingerprint density at radius 2 is 2.21 bits per heavy atom. The largest absolute Gasteiger partial charge is 0.350 e. The lowest BCUT2D eigenvalue weighted by Crippen LogP contribution is -2.37. The molecule has 108 valence electrons. The number of carbonyl (C=O) groups is 1. The molecule has 0 atom stereocenters. The number of nitrogens with zero attached hydrogens (tertiary/aromatic N) is 1. The second-order valence-corrected chi connectivity index (χ2v) is 6.99. The molecule has 0 bridgehead atoms. The lowest BCUT2D eigenvalue weighted by atomic mass is 10.4. The molecule has 1 aromatic heterocycles. The molecular weight excluding hydrogens is 288 g/mol. The molecule has 0 aliphatic rings. The molecule has 19 heavy (non-hydrogen) atoms. The average molecular weight is 306 g/mol. The van der Waals surface area contributed by atoms with Crippen LogP contribution < -0.4 is 15.8 Å². The van der Waals surface area contributed by atoms with Crippen molar-refractivity contribution in [1.29, 1.82) is 0 Å². The van der Waals surface area contributed by atoms with Gasteiger partial charge in [-0.2, -0.15) is 0 Å². The molecule has 9 heteroatoms. The minimum atomic E-state index is -3.36. The molecule has 0 spiro atoms. The summed E-state index contributed by atoms with van der Waals surface area (Å²) >= 11 is 1.30. The monoisotopic (exact) mass is 306 g/mol. The van der Waals surface area contributed by atoms with Crippen LogP contribution in [0, 0.1) is 0 Å².